The molecule has 0 saturated heterocycles. The first-order valence-electron chi connectivity index (χ1n) is 10.4. The number of halogens is 2. The maximum atomic E-state index is 13.0. The lowest BCUT2D eigenvalue weighted by Crippen LogP contribution is -2.37. The maximum Gasteiger partial charge on any atom is 0.331 e. The Labute approximate surface area is 195 Å². The molecule has 0 aliphatic carbocycles. The number of rotatable bonds is 5. The summed E-state index contributed by atoms with van der Waals surface area (Å²) in [4.78, 5) is 44.3. The first-order chi connectivity index (χ1) is 16.1. The Morgan fingerprint density at radius 3 is 2.15 bits per heavy atom. The van der Waals surface area contributed by atoms with E-state index in [0.29, 0.717) is 6.54 Å². The molecule has 0 bridgehead atoms. The highest BCUT2D eigenvalue weighted by Crippen LogP contribution is 2.11. The average molecular weight is 475 g/mol. The number of carboxylic acid groups (broad SMARTS) is 1. The van der Waals surface area contributed by atoms with Gasteiger partial charge in [0.1, 0.15) is 23.7 Å². The normalized spacial score (nSPS) is 9.71. The molecule has 1 amide bonds. The van der Waals surface area contributed by atoms with Crippen LogP contribution in [0.5, 0.6) is 0 Å². The highest BCUT2D eigenvalue weighted by Gasteiger charge is 2.17. The molecule has 1 aromatic heterocycles. The molecule has 0 atom stereocenters. The number of aliphatic carboxylic acids is 1. The predicted molar refractivity (Wildman–Crippen MR) is 124 cm³/mol. The van der Waals surface area contributed by atoms with Crippen LogP contribution in [0.1, 0.15) is 35.3 Å². The van der Waals surface area contributed by atoms with Crippen LogP contribution in [0.2, 0.25) is 0 Å². The summed E-state index contributed by atoms with van der Waals surface area (Å²) in [5.74, 6) is -4.44. The molecule has 0 fully saturated rings. The van der Waals surface area contributed by atoms with Crippen LogP contribution in [0, 0.1) is 18.6 Å². The summed E-state index contributed by atoms with van der Waals surface area (Å²) in [5, 5.41) is 10.1. The van der Waals surface area contributed by atoms with E-state index in [2.05, 4.69) is 0 Å². The van der Waals surface area contributed by atoms with Gasteiger partial charge in [0.25, 0.3) is 11.5 Å². The van der Waals surface area contributed by atoms with Gasteiger partial charge in [-0.1, -0.05) is 49.7 Å². The lowest BCUT2D eigenvalue weighted by molar-refractivity contribution is -0.135. The number of aryl methyl sites for hydroxylation is 1. The third-order valence-corrected chi connectivity index (χ3v) is 4.29. The first-order valence-corrected chi connectivity index (χ1v) is 10.4. The van der Waals surface area contributed by atoms with Gasteiger partial charge in [0.15, 0.2) is 0 Å². The van der Waals surface area contributed by atoms with Crippen LogP contribution < -0.4 is 16.6 Å². The van der Waals surface area contributed by atoms with E-state index in [1.165, 1.54) is 23.9 Å². The van der Waals surface area contributed by atoms with Crippen molar-refractivity contribution < 1.29 is 23.5 Å². The Bertz CT molecular complexity index is 1230. The Kier molecular flexibility index (Phi) is 11.1. The number of carboxylic acids is 1. The number of benzene rings is 2. The molecule has 0 unspecified atom stereocenters. The molecule has 0 saturated carbocycles. The monoisotopic (exact) mass is 475 g/mol. The largest absolute Gasteiger partial charge is 0.480 e. The zero-order valence-electron chi connectivity index (χ0n) is 19.3. The molecule has 2 aromatic carbocycles. The zero-order chi connectivity index (χ0) is 25.8. The molecule has 1 heterocycles. The van der Waals surface area contributed by atoms with Crippen molar-refractivity contribution in [2.45, 2.75) is 27.3 Å². The minimum absolute atomic E-state index is 0.282. The maximum absolute atomic E-state index is 13.0. The van der Waals surface area contributed by atoms with E-state index in [1.54, 1.807) is 0 Å². The van der Waals surface area contributed by atoms with Gasteiger partial charge in [-0.2, -0.15) is 0 Å². The van der Waals surface area contributed by atoms with Crippen molar-refractivity contribution in [3.05, 3.63) is 104 Å². The Balaban J connectivity index is 0.000000320. The molecule has 2 N–H and O–H groups in total. The van der Waals surface area contributed by atoms with Crippen LogP contribution in [-0.2, 0) is 18.4 Å². The molecular formula is C24H27F2N3O5. The van der Waals surface area contributed by atoms with E-state index in [4.69, 9.17) is 5.11 Å². The number of carbonyl (C=O) groups excluding carboxylic acids is 1. The third kappa shape index (κ3) is 8.12. The van der Waals surface area contributed by atoms with Crippen molar-refractivity contribution in [2.24, 2.45) is 7.05 Å². The number of nitrogens with one attached hydrogen (secondary N) is 1. The van der Waals surface area contributed by atoms with E-state index >= 15 is 0 Å². The highest BCUT2D eigenvalue weighted by molar-refractivity contribution is 5.96. The summed E-state index contributed by atoms with van der Waals surface area (Å²) in [7, 11) is 1.48. The van der Waals surface area contributed by atoms with Crippen LogP contribution in [0.4, 0.5) is 8.78 Å². The fraction of sp³-hybridized carbons (Fsp3) is 0.250. The second-order valence-electron chi connectivity index (χ2n) is 6.79. The van der Waals surface area contributed by atoms with Crippen molar-refractivity contribution in [1.82, 2.24) is 14.5 Å². The van der Waals surface area contributed by atoms with Crippen molar-refractivity contribution in [3.8, 4) is 0 Å². The summed E-state index contributed by atoms with van der Waals surface area (Å²) in [5.41, 5.74) is 0.847. The molecule has 8 nitrogen and oxygen atoms in total. The van der Waals surface area contributed by atoms with Gasteiger partial charge < -0.3 is 10.4 Å². The van der Waals surface area contributed by atoms with Gasteiger partial charge in [0.05, 0.1) is 6.54 Å². The second kappa shape index (κ2) is 13.5. The molecule has 3 rings (SSSR count). The number of amides is 1. The van der Waals surface area contributed by atoms with E-state index in [1.807, 2.05) is 50.4 Å². The van der Waals surface area contributed by atoms with Crippen LogP contribution in [-0.4, -0.2) is 32.7 Å². The quantitative estimate of drug-likeness (QED) is 0.590. The summed E-state index contributed by atoms with van der Waals surface area (Å²) in [6.45, 7) is 5.80. The molecule has 0 radical (unpaired) electrons. The van der Waals surface area contributed by atoms with Crippen LogP contribution in [0.15, 0.2) is 64.3 Å². The number of nitrogens with zero attached hydrogens (tertiary/aromatic N) is 2. The fourth-order valence-corrected chi connectivity index (χ4v) is 2.70. The Morgan fingerprint density at radius 1 is 1.00 bits per heavy atom. The first kappa shape index (κ1) is 28.0. The van der Waals surface area contributed by atoms with E-state index < -0.39 is 35.6 Å². The van der Waals surface area contributed by atoms with Crippen LogP contribution in [0.25, 0.3) is 0 Å². The number of hydrogen-bond acceptors (Lipinski definition) is 4. The summed E-state index contributed by atoms with van der Waals surface area (Å²) in [6.07, 6.45) is 1.53. The van der Waals surface area contributed by atoms with Gasteiger partial charge in [0.2, 0.25) is 0 Å². The molecule has 0 aliphatic heterocycles. The third-order valence-electron chi connectivity index (χ3n) is 4.29. The molecule has 34 heavy (non-hydrogen) atoms. The number of carbonyl (C=O) groups is 2. The van der Waals surface area contributed by atoms with Crippen LogP contribution in [0.3, 0.4) is 0 Å². The second-order valence-corrected chi connectivity index (χ2v) is 6.79. The summed E-state index contributed by atoms with van der Waals surface area (Å²) < 4.78 is 28.6. The number of aromatic nitrogens is 2. The molecule has 182 valence electrons. The minimum atomic E-state index is -1.29. The molecular weight excluding hydrogens is 448 g/mol. The molecule has 0 aliphatic rings. The van der Waals surface area contributed by atoms with Crippen molar-refractivity contribution in [2.75, 3.05) is 6.54 Å². The molecule has 3 aromatic rings. The fourth-order valence-electron chi connectivity index (χ4n) is 2.70. The highest BCUT2D eigenvalue weighted by atomic mass is 19.1. The van der Waals surface area contributed by atoms with E-state index in [0.717, 1.165) is 33.9 Å². The molecule has 0 spiro atoms. The summed E-state index contributed by atoms with van der Waals surface area (Å²) >= 11 is 0. The lowest BCUT2D eigenvalue weighted by Gasteiger charge is -2.07. The van der Waals surface area contributed by atoms with Crippen molar-refractivity contribution in [3.63, 3.8) is 0 Å². The lowest BCUT2D eigenvalue weighted by atomic mass is 10.1. The SMILES string of the molecule is CC.Cc1cccc(Cn2ccc(=O)n(C)c2=O)c1.O=C(O)CNC(=O)c1c(F)cccc1F. The Morgan fingerprint density at radius 2 is 1.59 bits per heavy atom. The van der Waals surface area contributed by atoms with Gasteiger partial charge in [-0.05, 0) is 24.6 Å². The van der Waals surface area contributed by atoms with Gasteiger partial charge in [-0.25, -0.2) is 13.6 Å². The van der Waals surface area contributed by atoms with Crippen molar-refractivity contribution in [1.29, 1.82) is 0 Å². The zero-order valence-corrected chi connectivity index (χ0v) is 19.3. The summed E-state index contributed by atoms with van der Waals surface area (Å²) in [6, 6.07) is 12.3. The molecule has 10 heteroatoms. The average Bonchev–Trinajstić information content (AvgIpc) is 2.80. The smallest absolute Gasteiger partial charge is 0.331 e. The van der Waals surface area contributed by atoms with E-state index in [9.17, 15) is 28.0 Å². The minimum Gasteiger partial charge on any atom is -0.480 e. The van der Waals surface area contributed by atoms with Gasteiger partial charge in [-0.15, -0.1) is 0 Å². The van der Waals surface area contributed by atoms with Crippen molar-refractivity contribution >= 4 is 11.9 Å². The van der Waals surface area contributed by atoms with Gasteiger partial charge in [0, 0.05) is 19.3 Å². The number of hydrogen-bond donors (Lipinski definition) is 2. The topological polar surface area (TPSA) is 110 Å². The van der Waals surface area contributed by atoms with E-state index in [-0.39, 0.29) is 11.2 Å². The van der Waals surface area contributed by atoms with Gasteiger partial charge in [-0.3, -0.25) is 23.5 Å². The Hall–Kier alpha value is -4.08. The van der Waals surface area contributed by atoms with Crippen LogP contribution >= 0.6 is 0 Å². The van der Waals surface area contributed by atoms with Gasteiger partial charge >= 0.3 is 11.7 Å². The predicted octanol–water partition coefficient (Wildman–Crippen LogP) is 2.71. The standard InChI is InChI=1S/C13H14N2O2.C9H7F2NO3.C2H6/c1-10-4-3-5-11(8-10)9-15-7-6-12(16)14(2)13(15)17;10-5-2-1-3-6(11)8(5)9(15)12-4-7(13)14;1-2/h3-8H,9H2,1-2H3;1-3H,4H2,(H,12,15)(H,13,14);1-2H3.